The Morgan fingerprint density at radius 3 is 2.59 bits per heavy atom. The second-order valence-corrected chi connectivity index (χ2v) is 3.85. The molecule has 1 aromatic heterocycles. The lowest BCUT2D eigenvalue weighted by Gasteiger charge is -2.05. The molecule has 1 aromatic rings. The summed E-state index contributed by atoms with van der Waals surface area (Å²) in [6, 6.07) is 1.96. The zero-order valence-corrected chi connectivity index (χ0v) is 10.4. The van der Waals surface area contributed by atoms with Crippen LogP contribution in [0.2, 0.25) is 0 Å². The Balaban J connectivity index is 2.33. The monoisotopic (exact) mass is 238 g/mol. The molecule has 0 aliphatic heterocycles. The standard InChI is InChI=1S/C11H18N4O2/c1-8-6-9(2)15(14-8)5-4-10(16)13-7-11(17)12-3/h6H,4-5,7H2,1-3H3,(H,12,17)(H,13,16). The van der Waals surface area contributed by atoms with E-state index in [9.17, 15) is 9.59 Å². The lowest BCUT2D eigenvalue weighted by atomic mass is 10.3. The number of aryl methyl sites for hydroxylation is 3. The zero-order valence-electron chi connectivity index (χ0n) is 10.4. The van der Waals surface area contributed by atoms with Crippen molar-refractivity contribution in [2.75, 3.05) is 13.6 Å². The molecule has 2 N–H and O–H groups in total. The number of hydrogen-bond acceptors (Lipinski definition) is 3. The first kappa shape index (κ1) is 13.2. The van der Waals surface area contributed by atoms with Crippen molar-refractivity contribution in [3.05, 3.63) is 17.5 Å². The lowest BCUT2D eigenvalue weighted by molar-refractivity contribution is -0.126. The quantitative estimate of drug-likeness (QED) is 0.743. The molecule has 0 aromatic carbocycles. The van der Waals surface area contributed by atoms with E-state index in [1.54, 1.807) is 4.68 Å². The third-order valence-electron chi connectivity index (χ3n) is 2.38. The minimum Gasteiger partial charge on any atom is -0.358 e. The fourth-order valence-electron chi connectivity index (χ4n) is 1.46. The number of hydrogen-bond donors (Lipinski definition) is 2. The van der Waals surface area contributed by atoms with Crippen molar-refractivity contribution >= 4 is 11.8 Å². The van der Waals surface area contributed by atoms with Gasteiger partial charge in [-0.05, 0) is 19.9 Å². The summed E-state index contributed by atoms with van der Waals surface area (Å²) in [6.07, 6.45) is 0.318. The van der Waals surface area contributed by atoms with Crippen LogP contribution >= 0.6 is 0 Å². The molecule has 1 rings (SSSR count). The van der Waals surface area contributed by atoms with E-state index < -0.39 is 0 Å². The highest BCUT2D eigenvalue weighted by Gasteiger charge is 2.06. The molecule has 0 atom stereocenters. The Hall–Kier alpha value is -1.85. The number of rotatable bonds is 5. The SMILES string of the molecule is CNC(=O)CNC(=O)CCn1nc(C)cc1C. The molecule has 0 aliphatic carbocycles. The van der Waals surface area contributed by atoms with Crippen LogP contribution in [0.25, 0.3) is 0 Å². The van der Waals surface area contributed by atoms with Gasteiger partial charge in [0, 0.05) is 25.7 Å². The summed E-state index contributed by atoms with van der Waals surface area (Å²) in [5, 5.41) is 9.22. The Morgan fingerprint density at radius 2 is 2.06 bits per heavy atom. The largest absolute Gasteiger partial charge is 0.358 e. The summed E-state index contributed by atoms with van der Waals surface area (Å²) in [4.78, 5) is 22.3. The highest BCUT2D eigenvalue weighted by molar-refractivity contribution is 5.84. The first-order valence-electron chi connectivity index (χ1n) is 5.51. The summed E-state index contributed by atoms with van der Waals surface area (Å²) in [6.45, 7) is 4.41. The average Bonchev–Trinajstić information content (AvgIpc) is 2.62. The Labute approximate surface area is 100 Å². The number of carbonyl (C=O) groups excluding carboxylic acids is 2. The molecule has 0 fully saturated rings. The van der Waals surface area contributed by atoms with Crippen LogP contribution in [0.15, 0.2) is 6.07 Å². The minimum atomic E-state index is -0.204. The summed E-state index contributed by atoms with van der Waals surface area (Å²) in [7, 11) is 1.53. The topological polar surface area (TPSA) is 76.0 Å². The molecule has 0 saturated carbocycles. The fourth-order valence-corrected chi connectivity index (χ4v) is 1.46. The van der Waals surface area contributed by atoms with Crippen LogP contribution in [0.5, 0.6) is 0 Å². The molecular formula is C11H18N4O2. The zero-order chi connectivity index (χ0) is 12.8. The van der Waals surface area contributed by atoms with Crippen LogP contribution in [0.4, 0.5) is 0 Å². The van der Waals surface area contributed by atoms with Crippen LogP contribution in [-0.4, -0.2) is 35.2 Å². The van der Waals surface area contributed by atoms with E-state index in [0.717, 1.165) is 11.4 Å². The van der Waals surface area contributed by atoms with Gasteiger partial charge in [-0.15, -0.1) is 0 Å². The number of carbonyl (C=O) groups is 2. The van der Waals surface area contributed by atoms with Gasteiger partial charge in [-0.3, -0.25) is 14.3 Å². The predicted molar refractivity (Wildman–Crippen MR) is 63.4 cm³/mol. The molecule has 0 spiro atoms. The number of nitrogens with one attached hydrogen (secondary N) is 2. The predicted octanol–water partition coefficient (Wildman–Crippen LogP) is -0.248. The average molecular weight is 238 g/mol. The Morgan fingerprint density at radius 1 is 1.35 bits per heavy atom. The van der Waals surface area contributed by atoms with Crippen LogP contribution < -0.4 is 10.6 Å². The molecule has 6 nitrogen and oxygen atoms in total. The van der Waals surface area contributed by atoms with Gasteiger partial charge < -0.3 is 10.6 Å². The van der Waals surface area contributed by atoms with Gasteiger partial charge in [0.25, 0.3) is 0 Å². The van der Waals surface area contributed by atoms with Crippen molar-refractivity contribution in [3.8, 4) is 0 Å². The summed E-state index contributed by atoms with van der Waals surface area (Å²) >= 11 is 0. The highest BCUT2D eigenvalue weighted by atomic mass is 16.2. The van der Waals surface area contributed by atoms with Gasteiger partial charge in [-0.2, -0.15) is 5.10 Å². The van der Waals surface area contributed by atoms with Crippen LogP contribution in [0, 0.1) is 13.8 Å². The van der Waals surface area contributed by atoms with Gasteiger partial charge in [0.15, 0.2) is 0 Å². The molecular weight excluding hydrogens is 220 g/mol. The fraction of sp³-hybridized carbons (Fsp3) is 0.545. The first-order valence-corrected chi connectivity index (χ1v) is 5.51. The van der Waals surface area contributed by atoms with Gasteiger partial charge in [-0.25, -0.2) is 0 Å². The summed E-state index contributed by atoms with van der Waals surface area (Å²) < 4.78 is 1.79. The molecule has 6 heteroatoms. The van der Waals surface area contributed by atoms with Crippen LogP contribution in [-0.2, 0) is 16.1 Å². The van der Waals surface area contributed by atoms with Gasteiger partial charge in [0.1, 0.15) is 0 Å². The van der Waals surface area contributed by atoms with Crippen molar-refractivity contribution in [1.82, 2.24) is 20.4 Å². The van der Waals surface area contributed by atoms with Gasteiger partial charge in [-0.1, -0.05) is 0 Å². The third-order valence-corrected chi connectivity index (χ3v) is 2.38. The maximum absolute atomic E-state index is 11.4. The van der Waals surface area contributed by atoms with Crippen molar-refractivity contribution < 1.29 is 9.59 Å². The van der Waals surface area contributed by atoms with Gasteiger partial charge >= 0.3 is 0 Å². The van der Waals surface area contributed by atoms with E-state index in [-0.39, 0.29) is 18.4 Å². The molecule has 0 bridgehead atoms. The highest BCUT2D eigenvalue weighted by Crippen LogP contribution is 2.02. The molecule has 2 amide bonds. The van der Waals surface area contributed by atoms with Crippen molar-refractivity contribution in [2.45, 2.75) is 26.8 Å². The third kappa shape index (κ3) is 4.26. The van der Waals surface area contributed by atoms with Gasteiger partial charge in [0.05, 0.1) is 12.2 Å². The number of likely N-dealkylation sites (N-methyl/N-ethyl adjacent to an activating group) is 1. The van der Waals surface area contributed by atoms with Crippen LogP contribution in [0.3, 0.4) is 0 Å². The van der Waals surface area contributed by atoms with E-state index in [1.807, 2.05) is 19.9 Å². The maximum Gasteiger partial charge on any atom is 0.239 e. The molecule has 17 heavy (non-hydrogen) atoms. The Kier molecular flexibility index (Phi) is 4.68. The number of aromatic nitrogens is 2. The van der Waals surface area contributed by atoms with E-state index in [4.69, 9.17) is 0 Å². The summed E-state index contributed by atoms with van der Waals surface area (Å²) in [5.41, 5.74) is 1.97. The molecule has 0 aliphatic rings. The van der Waals surface area contributed by atoms with Gasteiger partial charge in [0.2, 0.25) is 11.8 Å². The number of amides is 2. The van der Waals surface area contributed by atoms with E-state index in [1.165, 1.54) is 7.05 Å². The van der Waals surface area contributed by atoms with Crippen LogP contribution in [0.1, 0.15) is 17.8 Å². The number of nitrogens with zero attached hydrogens (tertiary/aromatic N) is 2. The van der Waals surface area contributed by atoms with E-state index >= 15 is 0 Å². The molecule has 94 valence electrons. The van der Waals surface area contributed by atoms with E-state index in [2.05, 4.69) is 15.7 Å². The van der Waals surface area contributed by atoms with Crippen molar-refractivity contribution in [3.63, 3.8) is 0 Å². The lowest BCUT2D eigenvalue weighted by Crippen LogP contribution is -2.35. The maximum atomic E-state index is 11.4. The Bertz CT molecular complexity index is 412. The summed E-state index contributed by atoms with van der Waals surface area (Å²) in [5.74, 6) is -0.356. The van der Waals surface area contributed by atoms with E-state index in [0.29, 0.717) is 13.0 Å². The van der Waals surface area contributed by atoms with Crippen molar-refractivity contribution in [2.24, 2.45) is 0 Å². The van der Waals surface area contributed by atoms with Crippen molar-refractivity contribution in [1.29, 1.82) is 0 Å². The molecule has 1 heterocycles. The molecule has 0 unspecified atom stereocenters. The smallest absolute Gasteiger partial charge is 0.239 e. The molecule has 0 saturated heterocycles. The second-order valence-electron chi connectivity index (χ2n) is 3.85. The second kappa shape index (κ2) is 6.03. The normalized spacial score (nSPS) is 10.1. The first-order chi connectivity index (χ1) is 8.02. The minimum absolute atomic E-state index is 0.0203. The molecule has 0 radical (unpaired) electrons.